The summed E-state index contributed by atoms with van der Waals surface area (Å²) in [5, 5.41) is 0. The van der Waals surface area contributed by atoms with Crippen molar-refractivity contribution in [3.05, 3.63) is 34.4 Å². The molecule has 1 rings (SSSR count). The number of hydrogen-bond donors (Lipinski definition) is 0. The zero-order chi connectivity index (χ0) is 26.0. The fourth-order valence-electron chi connectivity index (χ4n) is 2.59. The average Bonchev–Trinajstić information content (AvgIpc) is 2.82. The summed E-state index contributed by atoms with van der Waals surface area (Å²) < 4.78 is 21.6. The van der Waals surface area contributed by atoms with Crippen LogP contribution in [0, 0.1) is 0 Å². The normalized spacial score (nSPS) is 14.4. The van der Waals surface area contributed by atoms with Crippen LogP contribution in [0.2, 0.25) is 0 Å². The minimum Gasteiger partial charge on any atom is -0.459 e. The molecule has 1 aromatic rings. The number of rotatable bonds is 12. The van der Waals surface area contributed by atoms with Crippen LogP contribution in [-0.2, 0) is 18.9 Å². The number of carbonyl (C=O) groups is 4. The SMILES string of the molecule is CC[C@H](C)OC(=O)c1cc(C(=O)O[C@@H](C)CC)c(C(=O)O[C@@H](C)CC)cc1C(=O)O[C@@H](C)CC. The van der Waals surface area contributed by atoms with Gasteiger partial charge in [0.05, 0.1) is 46.7 Å². The Hall–Kier alpha value is -2.90. The van der Waals surface area contributed by atoms with Crippen molar-refractivity contribution in [2.75, 3.05) is 0 Å². The third-order valence-corrected chi connectivity index (χ3v) is 5.57. The van der Waals surface area contributed by atoms with Gasteiger partial charge in [0.2, 0.25) is 0 Å². The van der Waals surface area contributed by atoms with Crippen LogP contribution in [0.1, 0.15) is 123 Å². The zero-order valence-electron chi connectivity index (χ0n) is 21.6. The molecule has 34 heavy (non-hydrogen) atoms. The van der Waals surface area contributed by atoms with Crippen molar-refractivity contribution >= 4 is 23.9 Å². The Morgan fingerprint density at radius 2 is 0.676 bits per heavy atom. The number of esters is 4. The van der Waals surface area contributed by atoms with E-state index in [1.807, 2.05) is 27.7 Å². The molecule has 0 aliphatic carbocycles. The Morgan fingerprint density at radius 1 is 0.500 bits per heavy atom. The summed E-state index contributed by atoms with van der Waals surface area (Å²) in [6.07, 6.45) is 0.545. The largest absolute Gasteiger partial charge is 0.459 e. The molecule has 0 amide bonds. The molecule has 8 heteroatoms. The third-order valence-electron chi connectivity index (χ3n) is 5.57. The highest BCUT2D eigenvalue weighted by molar-refractivity contribution is 6.10. The van der Waals surface area contributed by atoms with Crippen molar-refractivity contribution in [1.82, 2.24) is 0 Å². The molecule has 190 valence electrons. The van der Waals surface area contributed by atoms with Crippen molar-refractivity contribution < 1.29 is 38.1 Å². The highest BCUT2D eigenvalue weighted by Gasteiger charge is 2.30. The summed E-state index contributed by atoms with van der Waals surface area (Å²) in [7, 11) is 0. The lowest BCUT2D eigenvalue weighted by atomic mass is 9.97. The molecule has 8 nitrogen and oxygen atoms in total. The van der Waals surface area contributed by atoms with E-state index in [0.29, 0.717) is 25.7 Å². The monoisotopic (exact) mass is 478 g/mol. The summed E-state index contributed by atoms with van der Waals surface area (Å²) in [4.78, 5) is 51.8. The number of carbonyl (C=O) groups excluding carboxylic acids is 4. The minimum absolute atomic E-state index is 0.176. The predicted molar refractivity (Wildman–Crippen MR) is 127 cm³/mol. The molecule has 0 N–H and O–H groups in total. The first kappa shape index (κ1) is 29.1. The van der Waals surface area contributed by atoms with E-state index >= 15 is 0 Å². The lowest BCUT2D eigenvalue weighted by Crippen LogP contribution is -2.25. The predicted octanol–water partition coefficient (Wildman–Crippen LogP) is 5.51. The van der Waals surface area contributed by atoms with Gasteiger partial charge < -0.3 is 18.9 Å². The highest BCUT2D eigenvalue weighted by atomic mass is 16.6. The van der Waals surface area contributed by atoms with Crippen LogP contribution in [0.3, 0.4) is 0 Å². The number of benzene rings is 1. The molecule has 1 aromatic carbocycles. The minimum atomic E-state index is -0.801. The molecule has 0 aromatic heterocycles. The van der Waals surface area contributed by atoms with E-state index in [1.54, 1.807) is 27.7 Å². The van der Waals surface area contributed by atoms with Gasteiger partial charge in [-0.3, -0.25) is 0 Å². The second kappa shape index (κ2) is 13.7. The van der Waals surface area contributed by atoms with Crippen LogP contribution in [0.25, 0.3) is 0 Å². The molecule has 0 aliphatic heterocycles. The maximum Gasteiger partial charge on any atom is 0.339 e. The Labute approximate surface area is 202 Å². The Bertz CT molecular complexity index is 738. The molecule has 0 fully saturated rings. The van der Waals surface area contributed by atoms with E-state index in [9.17, 15) is 19.2 Å². The summed E-state index contributed by atoms with van der Waals surface area (Å²) in [5.74, 6) is -3.20. The van der Waals surface area contributed by atoms with Gasteiger partial charge in [-0.15, -0.1) is 0 Å². The molecule has 0 spiro atoms. The van der Waals surface area contributed by atoms with Crippen molar-refractivity contribution in [1.29, 1.82) is 0 Å². The van der Waals surface area contributed by atoms with E-state index in [-0.39, 0.29) is 22.3 Å². The maximum absolute atomic E-state index is 13.0. The highest BCUT2D eigenvalue weighted by Crippen LogP contribution is 2.24. The van der Waals surface area contributed by atoms with Gasteiger partial charge in [-0.05, 0) is 65.5 Å². The molecule has 0 saturated carbocycles. The van der Waals surface area contributed by atoms with Gasteiger partial charge in [0.1, 0.15) is 0 Å². The molecule has 0 bridgehead atoms. The maximum atomic E-state index is 13.0. The van der Waals surface area contributed by atoms with Crippen LogP contribution in [0.5, 0.6) is 0 Å². The van der Waals surface area contributed by atoms with Gasteiger partial charge in [0.25, 0.3) is 0 Å². The average molecular weight is 479 g/mol. The summed E-state index contributed by atoms with van der Waals surface area (Å²) in [6, 6.07) is 2.33. The van der Waals surface area contributed by atoms with Crippen molar-refractivity contribution in [3.63, 3.8) is 0 Å². The van der Waals surface area contributed by atoms with Gasteiger partial charge in [-0.2, -0.15) is 0 Å². The van der Waals surface area contributed by atoms with E-state index < -0.39 is 48.3 Å². The molecule has 0 radical (unpaired) electrons. The van der Waals surface area contributed by atoms with E-state index in [1.165, 1.54) is 0 Å². The van der Waals surface area contributed by atoms with Crippen LogP contribution in [0.15, 0.2) is 12.1 Å². The standard InChI is InChI=1S/C26H38O8/c1-9-15(5)31-23(27)19-13-21(25(29)33-17(7)11-3)22(26(30)34-18(8)12-4)14-20(19)24(28)32-16(6)10-2/h13-18H,9-12H2,1-8H3/t15-,16-,17-,18-/m0/s1. The molecule has 0 saturated heterocycles. The van der Waals surface area contributed by atoms with Gasteiger partial charge in [-0.1, -0.05) is 27.7 Å². The first-order valence-corrected chi connectivity index (χ1v) is 12.0. The first-order valence-electron chi connectivity index (χ1n) is 12.0. The second-order valence-corrected chi connectivity index (χ2v) is 8.44. The quantitative estimate of drug-likeness (QED) is 0.286. The molecule has 0 heterocycles. The molecule has 4 atom stereocenters. The van der Waals surface area contributed by atoms with Crippen LogP contribution in [-0.4, -0.2) is 48.3 Å². The number of ether oxygens (including phenoxy) is 4. The molecule has 0 aliphatic rings. The van der Waals surface area contributed by atoms with E-state index in [0.717, 1.165) is 12.1 Å². The van der Waals surface area contributed by atoms with Gasteiger partial charge in [-0.25, -0.2) is 19.2 Å². The van der Waals surface area contributed by atoms with Crippen LogP contribution >= 0.6 is 0 Å². The zero-order valence-corrected chi connectivity index (χ0v) is 21.6. The van der Waals surface area contributed by atoms with Crippen molar-refractivity contribution in [3.8, 4) is 0 Å². The lowest BCUT2D eigenvalue weighted by molar-refractivity contribution is 0.0269. The summed E-state index contributed by atoms with van der Waals surface area (Å²) in [6.45, 7) is 14.2. The Kier molecular flexibility index (Phi) is 11.8. The van der Waals surface area contributed by atoms with Crippen molar-refractivity contribution in [2.45, 2.75) is 105 Å². The van der Waals surface area contributed by atoms with Crippen molar-refractivity contribution in [2.24, 2.45) is 0 Å². The Morgan fingerprint density at radius 3 is 0.824 bits per heavy atom. The summed E-state index contributed by atoms with van der Waals surface area (Å²) in [5.41, 5.74) is -0.704. The smallest absolute Gasteiger partial charge is 0.339 e. The van der Waals surface area contributed by atoms with E-state index in [2.05, 4.69) is 0 Å². The van der Waals surface area contributed by atoms with Crippen LogP contribution in [0.4, 0.5) is 0 Å². The van der Waals surface area contributed by atoms with Gasteiger partial charge >= 0.3 is 23.9 Å². The topological polar surface area (TPSA) is 105 Å². The first-order chi connectivity index (χ1) is 16.0. The number of hydrogen-bond acceptors (Lipinski definition) is 8. The lowest BCUT2D eigenvalue weighted by Gasteiger charge is -2.19. The Balaban J connectivity index is 3.72. The molecular weight excluding hydrogens is 440 g/mol. The van der Waals surface area contributed by atoms with Gasteiger partial charge in [0, 0.05) is 0 Å². The van der Waals surface area contributed by atoms with Gasteiger partial charge in [0.15, 0.2) is 0 Å². The molecule has 0 unspecified atom stereocenters. The molecular formula is C26H38O8. The third kappa shape index (κ3) is 8.15. The fourth-order valence-corrected chi connectivity index (χ4v) is 2.59. The fraction of sp³-hybridized carbons (Fsp3) is 0.615. The summed E-state index contributed by atoms with van der Waals surface area (Å²) >= 11 is 0. The van der Waals surface area contributed by atoms with Crippen LogP contribution < -0.4 is 0 Å². The van der Waals surface area contributed by atoms with E-state index in [4.69, 9.17) is 18.9 Å². The second-order valence-electron chi connectivity index (χ2n) is 8.44.